The predicted molar refractivity (Wildman–Crippen MR) is 64.2 cm³/mol. The second-order valence-corrected chi connectivity index (χ2v) is 4.98. The smallest absolute Gasteiger partial charge is 0.338 e. The molecule has 0 aromatic heterocycles. The van der Waals surface area contributed by atoms with Gasteiger partial charge in [-0.15, -0.1) is 0 Å². The van der Waals surface area contributed by atoms with Crippen LogP contribution in [0.2, 0.25) is 0 Å². The third-order valence-electron chi connectivity index (χ3n) is 3.04. The van der Waals surface area contributed by atoms with Crippen LogP contribution in [0.4, 0.5) is 0 Å². The van der Waals surface area contributed by atoms with E-state index in [0.717, 1.165) is 18.4 Å². The third-order valence-corrected chi connectivity index (χ3v) is 3.04. The lowest BCUT2D eigenvalue weighted by atomic mass is 9.99. The highest BCUT2D eigenvalue weighted by Crippen LogP contribution is 2.37. The van der Waals surface area contributed by atoms with Crippen molar-refractivity contribution in [1.82, 2.24) is 0 Å². The zero-order valence-corrected chi connectivity index (χ0v) is 10.1. The van der Waals surface area contributed by atoms with Gasteiger partial charge < -0.3 is 9.84 Å². The van der Waals surface area contributed by atoms with Gasteiger partial charge in [0.1, 0.15) is 6.61 Å². The fourth-order valence-corrected chi connectivity index (χ4v) is 1.85. The van der Waals surface area contributed by atoms with Crippen molar-refractivity contribution >= 4 is 5.97 Å². The quantitative estimate of drug-likeness (QED) is 0.795. The minimum atomic E-state index is -1.34. The molecule has 1 fully saturated rings. The molecule has 0 saturated heterocycles. The first kappa shape index (κ1) is 12.1. The average molecular weight is 234 g/mol. The fourth-order valence-electron chi connectivity index (χ4n) is 1.85. The van der Waals surface area contributed by atoms with Crippen molar-refractivity contribution in [2.45, 2.75) is 38.4 Å². The Balaban J connectivity index is 1.83. The highest BCUT2D eigenvalue weighted by molar-refractivity contribution is 5.78. The molecule has 3 heteroatoms. The molecule has 1 aromatic carbocycles. The Bertz CT molecular complexity index is 380. The van der Waals surface area contributed by atoms with Gasteiger partial charge in [0.25, 0.3) is 0 Å². The highest BCUT2D eigenvalue weighted by atomic mass is 16.5. The molecule has 1 N–H and O–H groups in total. The van der Waals surface area contributed by atoms with Gasteiger partial charge in [0.15, 0.2) is 5.60 Å². The summed E-state index contributed by atoms with van der Waals surface area (Å²) in [4.78, 5) is 11.7. The van der Waals surface area contributed by atoms with Crippen LogP contribution in [0.3, 0.4) is 0 Å². The van der Waals surface area contributed by atoms with E-state index < -0.39 is 11.6 Å². The molecule has 0 spiro atoms. The number of rotatable bonds is 5. The molecule has 0 heterocycles. The summed E-state index contributed by atoms with van der Waals surface area (Å²) in [5.41, 5.74) is -0.404. The van der Waals surface area contributed by atoms with Crippen LogP contribution in [-0.4, -0.2) is 16.7 Å². The fraction of sp³-hybridized carbons (Fsp3) is 0.500. The number of esters is 1. The van der Waals surface area contributed by atoms with Crippen LogP contribution < -0.4 is 0 Å². The maximum atomic E-state index is 11.7. The predicted octanol–water partition coefficient (Wildman–Crippen LogP) is 2.28. The molecule has 1 aromatic rings. The van der Waals surface area contributed by atoms with Crippen LogP contribution in [0.15, 0.2) is 30.3 Å². The van der Waals surface area contributed by atoms with E-state index in [0.29, 0.717) is 12.3 Å². The Kier molecular flexibility index (Phi) is 3.48. The van der Waals surface area contributed by atoms with Crippen LogP contribution in [0.1, 0.15) is 31.7 Å². The zero-order valence-electron chi connectivity index (χ0n) is 10.1. The molecule has 0 aliphatic heterocycles. The summed E-state index contributed by atoms with van der Waals surface area (Å²) >= 11 is 0. The van der Waals surface area contributed by atoms with E-state index in [1.165, 1.54) is 0 Å². The molecule has 92 valence electrons. The van der Waals surface area contributed by atoms with Gasteiger partial charge in [0, 0.05) is 0 Å². The number of hydrogen-bond acceptors (Lipinski definition) is 3. The molecule has 1 aliphatic carbocycles. The average Bonchev–Trinajstić information content (AvgIpc) is 3.10. The Labute approximate surface area is 101 Å². The summed E-state index contributed by atoms with van der Waals surface area (Å²) in [6.45, 7) is 1.76. The summed E-state index contributed by atoms with van der Waals surface area (Å²) in [5, 5.41) is 10.00. The van der Waals surface area contributed by atoms with Gasteiger partial charge in [-0.3, -0.25) is 0 Å². The van der Waals surface area contributed by atoms with E-state index in [1.807, 2.05) is 30.3 Å². The maximum Gasteiger partial charge on any atom is 0.338 e. The van der Waals surface area contributed by atoms with Crippen LogP contribution in [0.5, 0.6) is 0 Å². The maximum absolute atomic E-state index is 11.7. The molecule has 1 atom stereocenters. The lowest BCUT2D eigenvalue weighted by Gasteiger charge is -2.21. The van der Waals surface area contributed by atoms with Crippen molar-refractivity contribution in [2.24, 2.45) is 5.92 Å². The van der Waals surface area contributed by atoms with Crippen LogP contribution in [-0.2, 0) is 16.1 Å². The molecule has 1 saturated carbocycles. The van der Waals surface area contributed by atoms with Gasteiger partial charge >= 0.3 is 5.97 Å². The molecular weight excluding hydrogens is 216 g/mol. The van der Waals surface area contributed by atoms with Crippen molar-refractivity contribution < 1.29 is 14.6 Å². The van der Waals surface area contributed by atoms with E-state index in [1.54, 1.807) is 6.92 Å². The second-order valence-electron chi connectivity index (χ2n) is 4.98. The minimum Gasteiger partial charge on any atom is -0.459 e. The largest absolute Gasteiger partial charge is 0.459 e. The van der Waals surface area contributed by atoms with Crippen LogP contribution in [0.25, 0.3) is 0 Å². The molecule has 1 unspecified atom stereocenters. The van der Waals surface area contributed by atoms with Gasteiger partial charge in [-0.1, -0.05) is 43.2 Å². The van der Waals surface area contributed by atoms with Crippen LogP contribution >= 0.6 is 0 Å². The number of ether oxygens (including phenoxy) is 1. The van der Waals surface area contributed by atoms with E-state index >= 15 is 0 Å². The van der Waals surface area contributed by atoms with Gasteiger partial charge in [-0.05, 0) is 24.8 Å². The molecular formula is C14H18O3. The second kappa shape index (κ2) is 4.88. The molecule has 0 radical (unpaired) electrons. The van der Waals surface area contributed by atoms with Crippen LogP contribution in [0, 0.1) is 5.92 Å². The van der Waals surface area contributed by atoms with Gasteiger partial charge in [0.2, 0.25) is 0 Å². The van der Waals surface area contributed by atoms with E-state index in [4.69, 9.17) is 4.74 Å². The summed E-state index contributed by atoms with van der Waals surface area (Å²) in [5.74, 6) is -0.0254. The van der Waals surface area contributed by atoms with E-state index in [2.05, 4.69) is 0 Å². The Hall–Kier alpha value is -1.35. The summed E-state index contributed by atoms with van der Waals surface area (Å²) in [6, 6.07) is 9.48. The topological polar surface area (TPSA) is 46.5 Å². The van der Waals surface area contributed by atoms with Gasteiger partial charge in [0.05, 0.1) is 0 Å². The van der Waals surface area contributed by atoms with Crippen molar-refractivity contribution in [1.29, 1.82) is 0 Å². The Morgan fingerprint density at radius 3 is 2.65 bits per heavy atom. The van der Waals surface area contributed by atoms with Gasteiger partial charge in [-0.2, -0.15) is 0 Å². The zero-order chi connectivity index (χ0) is 12.3. The number of aliphatic hydroxyl groups is 1. The van der Waals surface area contributed by atoms with Crippen molar-refractivity contribution in [2.75, 3.05) is 0 Å². The Morgan fingerprint density at radius 1 is 1.41 bits per heavy atom. The molecule has 0 bridgehead atoms. The van der Waals surface area contributed by atoms with Crippen molar-refractivity contribution in [3.8, 4) is 0 Å². The SMILES string of the molecule is CC(O)(CC1CC1)C(=O)OCc1ccccc1. The Morgan fingerprint density at radius 2 is 2.06 bits per heavy atom. The lowest BCUT2D eigenvalue weighted by Crippen LogP contribution is -2.37. The number of benzene rings is 1. The monoisotopic (exact) mass is 234 g/mol. The number of hydrogen-bond donors (Lipinski definition) is 1. The first-order valence-electron chi connectivity index (χ1n) is 6.01. The van der Waals surface area contributed by atoms with Crippen molar-refractivity contribution in [3.63, 3.8) is 0 Å². The van der Waals surface area contributed by atoms with E-state index in [9.17, 15) is 9.90 Å². The first-order chi connectivity index (χ1) is 8.08. The number of carbonyl (C=O) groups is 1. The molecule has 2 rings (SSSR count). The molecule has 3 nitrogen and oxygen atoms in total. The van der Waals surface area contributed by atoms with Gasteiger partial charge in [-0.25, -0.2) is 4.79 Å². The van der Waals surface area contributed by atoms with E-state index in [-0.39, 0.29) is 6.61 Å². The number of carbonyl (C=O) groups excluding carboxylic acids is 1. The summed E-state index contributed by atoms with van der Waals surface area (Å²) < 4.78 is 5.13. The summed E-state index contributed by atoms with van der Waals surface area (Å²) in [7, 11) is 0. The third kappa shape index (κ3) is 3.56. The highest BCUT2D eigenvalue weighted by Gasteiger charge is 2.38. The van der Waals surface area contributed by atoms with Crippen molar-refractivity contribution in [3.05, 3.63) is 35.9 Å². The lowest BCUT2D eigenvalue weighted by molar-refractivity contribution is -0.166. The normalized spacial score (nSPS) is 18.5. The molecule has 17 heavy (non-hydrogen) atoms. The first-order valence-corrected chi connectivity index (χ1v) is 6.01. The molecule has 0 amide bonds. The minimum absolute atomic E-state index is 0.223. The molecule has 1 aliphatic rings. The standard InChI is InChI=1S/C14H18O3/c1-14(16,9-11-7-8-11)13(15)17-10-12-5-3-2-4-6-12/h2-6,11,16H,7-10H2,1H3. The summed E-state index contributed by atoms with van der Waals surface area (Å²) in [6.07, 6.45) is 2.74.